The summed E-state index contributed by atoms with van der Waals surface area (Å²) in [6, 6.07) is 11.2. The van der Waals surface area contributed by atoms with E-state index in [4.69, 9.17) is 4.52 Å². The molecule has 0 bridgehead atoms. The second kappa shape index (κ2) is 5.57. The third-order valence-electron chi connectivity index (χ3n) is 2.96. The number of thioether (sulfide) groups is 1. The van der Waals surface area contributed by atoms with Crippen molar-refractivity contribution in [1.29, 1.82) is 0 Å². The van der Waals surface area contributed by atoms with Gasteiger partial charge in [0.2, 0.25) is 5.82 Å². The van der Waals surface area contributed by atoms with Crippen LogP contribution in [0.25, 0.3) is 22.8 Å². The molecule has 0 radical (unpaired) electrons. The summed E-state index contributed by atoms with van der Waals surface area (Å²) in [5.74, 6) is -0.117. The molecule has 0 amide bonds. The maximum absolute atomic E-state index is 13.2. The Balaban J connectivity index is 1.97. The number of aromatic nitrogens is 2. The van der Waals surface area contributed by atoms with Crippen LogP contribution < -0.4 is 0 Å². The van der Waals surface area contributed by atoms with Crippen molar-refractivity contribution in [2.45, 2.75) is 4.90 Å². The molecule has 0 aliphatic rings. The van der Waals surface area contributed by atoms with Gasteiger partial charge in [0.1, 0.15) is 11.6 Å². The standard InChI is InChI=1S/C15H11FN2O2S/c1-21-11-5-2-9(3-6-11)14-17-15(20-18-14)12-8-10(16)4-7-13(12)19/h2-8,19H,1H3. The number of hydrogen-bond acceptors (Lipinski definition) is 5. The first-order valence-electron chi connectivity index (χ1n) is 6.14. The third kappa shape index (κ3) is 2.75. The molecule has 3 aromatic rings. The van der Waals surface area contributed by atoms with Gasteiger partial charge in [0, 0.05) is 10.5 Å². The molecule has 0 unspecified atom stereocenters. The number of aromatic hydroxyl groups is 1. The summed E-state index contributed by atoms with van der Waals surface area (Å²) in [4.78, 5) is 5.33. The lowest BCUT2D eigenvalue weighted by Gasteiger charge is -1.98. The van der Waals surface area contributed by atoms with E-state index in [1.165, 1.54) is 6.07 Å². The maximum atomic E-state index is 13.2. The summed E-state index contributed by atoms with van der Waals surface area (Å²) in [5, 5.41) is 13.6. The van der Waals surface area contributed by atoms with E-state index < -0.39 is 5.82 Å². The minimum atomic E-state index is -0.480. The molecule has 1 heterocycles. The van der Waals surface area contributed by atoms with Crippen LogP contribution in [0, 0.1) is 5.82 Å². The van der Waals surface area contributed by atoms with Crippen molar-refractivity contribution in [3.05, 3.63) is 48.3 Å². The van der Waals surface area contributed by atoms with Crippen LogP contribution in [-0.4, -0.2) is 21.5 Å². The van der Waals surface area contributed by atoms with Gasteiger partial charge in [0.15, 0.2) is 0 Å². The lowest BCUT2D eigenvalue weighted by Crippen LogP contribution is -1.83. The topological polar surface area (TPSA) is 59.2 Å². The highest BCUT2D eigenvalue weighted by Gasteiger charge is 2.14. The molecular weight excluding hydrogens is 291 g/mol. The van der Waals surface area contributed by atoms with Crippen LogP contribution in [0.15, 0.2) is 51.9 Å². The fourth-order valence-corrected chi connectivity index (χ4v) is 2.28. The normalized spacial score (nSPS) is 10.8. The van der Waals surface area contributed by atoms with Crippen LogP contribution in [0.1, 0.15) is 0 Å². The summed E-state index contributed by atoms with van der Waals surface area (Å²) in [5.41, 5.74) is 0.966. The van der Waals surface area contributed by atoms with Crippen LogP contribution in [-0.2, 0) is 0 Å². The minimum absolute atomic E-state index is 0.0796. The van der Waals surface area contributed by atoms with Gasteiger partial charge in [0.25, 0.3) is 5.89 Å². The highest BCUT2D eigenvalue weighted by atomic mass is 32.2. The molecular formula is C15H11FN2O2S. The minimum Gasteiger partial charge on any atom is -0.507 e. The second-order valence-electron chi connectivity index (χ2n) is 4.31. The lowest BCUT2D eigenvalue weighted by molar-refractivity contribution is 0.425. The number of halogens is 1. The molecule has 1 N–H and O–H groups in total. The SMILES string of the molecule is CSc1ccc(-c2noc(-c3cc(F)ccc3O)n2)cc1. The van der Waals surface area contributed by atoms with Crippen molar-refractivity contribution in [2.24, 2.45) is 0 Å². The monoisotopic (exact) mass is 302 g/mol. The van der Waals surface area contributed by atoms with Crippen molar-refractivity contribution >= 4 is 11.8 Å². The Hall–Kier alpha value is -2.34. The number of hydrogen-bond donors (Lipinski definition) is 1. The predicted molar refractivity (Wildman–Crippen MR) is 78.6 cm³/mol. The molecule has 4 nitrogen and oxygen atoms in total. The first kappa shape index (κ1) is 13.6. The van der Waals surface area contributed by atoms with Gasteiger partial charge < -0.3 is 9.63 Å². The first-order valence-corrected chi connectivity index (χ1v) is 7.37. The van der Waals surface area contributed by atoms with E-state index >= 15 is 0 Å². The summed E-state index contributed by atoms with van der Waals surface area (Å²) in [6.07, 6.45) is 1.99. The van der Waals surface area contributed by atoms with Crippen LogP contribution in [0.4, 0.5) is 4.39 Å². The molecule has 6 heteroatoms. The van der Waals surface area contributed by atoms with Crippen LogP contribution in [0.5, 0.6) is 5.75 Å². The Morgan fingerprint density at radius 1 is 1.14 bits per heavy atom. The zero-order valence-electron chi connectivity index (χ0n) is 11.1. The van der Waals surface area contributed by atoms with Gasteiger partial charge in [-0.2, -0.15) is 4.98 Å². The number of rotatable bonds is 3. The van der Waals surface area contributed by atoms with E-state index in [-0.39, 0.29) is 17.2 Å². The van der Waals surface area contributed by atoms with Gasteiger partial charge in [-0.1, -0.05) is 5.16 Å². The molecule has 106 valence electrons. The molecule has 0 aliphatic carbocycles. The van der Waals surface area contributed by atoms with Gasteiger partial charge in [-0.15, -0.1) is 11.8 Å². The summed E-state index contributed by atoms with van der Waals surface area (Å²) in [7, 11) is 0. The molecule has 0 saturated carbocycles. The molecule has 1 aromatic heterocycles. The van der Waals surface area contributed by atoms with E-state index in [1.807, 2.05) is 30.5 Å². The van der Waals surface area contributed by atoms with Gasteiger partial charge in [-0.05, 0) is 48.7 Å². The Labute approximate surface area is 124 Å². The number of phenols is 1. The van der Waals surface area contributed by atoms with Crippen molar-refractivity contribution in [2.75, 3.05) is 6.26 Å². The molecule has 2 aromatic carbocycles. The average molecular weight is 302 g/mol. The summed E-state index contributed by atoms with van der Waals surface area (Å²) < 4.78 is 18.3. The van der Waals surface area contributed by atoms with E-state index in [1.54, 1.807) is 11.8 Å². The Morgan fingerprint density at radius 3 is 2.62 bits per heavy atom. The van der Waals surface area contributed by atoms with Crippen LogP contribution in [0.2, 0.25) is 0 Å². The maximum Gasteiger partial charge on any atom is 0.262 e. The highest BCUT2D eigenvalue weighted by molar-refractivity contribution is 7.98. The molecule has 0 saturated heterocycles. The predicted octanol–water partition coefficient (Wildman–Crippen LogP) is 3.97. The molecule has 0 fully saturated rings. The molecule has 21 heavy (non-hydrogen) atoms. The highest BCUT2D eigenvalue weighted by Crippen LogP contribution is 2.30. The molecule has 0 atom stereocenters. The number of nitrogens with zero attached hydrogens (tertiary/aromatic N) is 2. The Kier molecular flexibility index (Phi) is 3.62. The molecule has 0 spiro atoms. The third-order valence-corrected chi connectivity index (χ3v) is 3.71. The zero-order chi connectivity index (χ0) is 14.8. The van der Waals surface area contributed by atoms with Crippen molar-refractivity contribution in [3.63, 3.8) is 0 Å². The van der Waals surface area contributed by atoms with Gasteiger partial charge in [-0.3, -0.25) is 0 Å². The summed E-state index contributed by atoms with van der Waals surface area (Å²) >= 11 is 1.64. The Bertz CT molecular complexity index is 772. The first-order chi connectivity index (χ1) is 10.2. The fraction of sp³-hybridized carbons (Fsp3) is 0.0667. The van der Waals surface area contributed by atoms with Gasteiger partial charge in [-0.25, -0.2) is 4.39 Å². The lowest BCUT2D eigenvalue weighted by atomic mass is 10.2. The van der Waals surface area contributed by atoms with E-state index in [9.17, 15) is 9.50 Å². The fourth-order valence-electron chi connectivity index (χ4n) is 1.87. The molecule has 0 aliphatic heterocycles. The van der Waals surface area contributed by atoms with Gasteiger partial charge >= 0.3 is 0 Å². The van der Waals surface area contributed by atoms with Gasteiger partial charge in [0.05, 0.1) is 5.56 Å². The van der Waals surface area contributed by atoms with Crippen LogP contribution >= 0.6 is 11.8 Å². The van der Waals surface area contributed by atoms with Crippen molar-refractivity contribution < 1.29 is 14.0 Å². The number of benzene rings is 2. The second-order valence-corrected chi connectivity index (χ2v) is 5.19. The molecule has 3 rings (SSSR count). The number of phenolic OH excluding ortho intramolecular Hbond substituents is 1. The largest absolute Gasteiger partial charge is 0.507 e. The smallest absolute Gasteiger partial charge is 0.262 e. The van der Waals surface area contributed by atoms with E-state index in [0.29, 0.717) is 5.82 Å². The van der Waals surface area contributed by atoms with E-state index in [0.717, 1.165) is 22.6 Å². The average Bonchev–Trinajstić information content (AvgIpc) is 2.99. The van der Waals surface area contributed by atoms with E-state index in [2.05, 4.69) is 10.1 Å². The summed E-state index contributed by atoms with van der Waals surface area (Å²) in [6.45, 7) is 0. The zero-order valence-corrected chi connectivity index (χ0v) is 11.9. The van der Waals surface area contributed by atoms with Crippen molar-refractivity contribution in [3.8, 4) is 28.6 Å². The quantitative estimate of drug-likeness (QED) is 0.742. The van der Waals surface area contributed by atoms with Crippen molar-refractivity contribution in [1.82, 2.24) is 10.1 Å². The Morgan fingerprint density at radius 2 is 1.90 bits per heavy atom. The van der Waals surface area contributed by atoms with Crippen LogP contribution in [0.3, 0.4) is 0 Å².